The first-order valence-electron chi connectivity index (χ1n) is 3.80. The van der Waals surface area contributed by atoms with Crippen LogP contribution in [0.1, 0.15) is 12.5 Å². The van der Waals surface area contributed by atoms with Crippen molar-refractivity contribution in [1.29, 1.82) is 0 Å². The van der Waals surface area contributed by atoms with Gasteiger partial charge in [-0.1, -0.05) is 13.0 Å². The molecular formula is C9H11FS2. The van der Waals surface area contributed by atoms with Crippen molar-refractivity contribution in [3.63, 3.8) is 0 Å². The molecular weight excluding hydrogens is 191 g/mol. The lowest BCUT2D eigenvalue weighted by molar-refractivity contribution is 0.600. The molecule has 0 bridgehead atoms. The normalized spacial score (nSPS) is 10.2. The second kappa shape index (κ2) is 4.77. The number of benzene rings is 1. The van der Waals surface area contributed by atoms with Crippen LogP contribution in [0.25, 0.3) is 0 Å². The third-order valence-corrected chi connectivity index (χ3v) is 2.78. The van der Waals surface area contributed by atoms with Gasteiger partial charge in [-0.15, -0.1) is 11.8 Å². The van der Waals surface area contributed by atoms with Crippen molar-refractivity contribution in [2.75, 3.05) is 5.08 Å². The summed E-state index contributed by atoms with van der Waals surface area (Å²) in [7, 11) is 0. The number of hydrogen-bond donors (Lipinski definition) is 1. The average molecular weight is 202 g/mol. The molecule has 0 saturated heterocycles. The predicted octanol–water partition coefficient (Wildman–Crippen LogP) is 3.37. The smallest absolute Gasteiger partial charge is 0.137 e. The van der Waals surface area contributed by atoms with Gasteiger partial charge in [0.15, 0.2) is 0 Å². The third-order valence-electron chi connectivity index (χ3n) is 1.62. The zero-order valence-electron chi connectivity index (χ0n) is 6.88. The maximum atomic E-state index is 13.2. The van der Waals surface area contributed by atoms with E-state index in [9.17, 15) is 4.39 Å². The molecule has 3 heteroatoms. The zero-order chi connectivity index (χ0) is 8.97. The van der Waals surface area contributed by atoms with Crippen molar-refractivity contribution in [2.24, 2.45) is 0 Å². The van der Waals surface area contributed by atoms with E-state index in [1.165, 1.54) is 11.8 Å². The van der Waals surface area contributed by atoms with E-state index >= 15 is 0 Å². The maximum Gasteiger partial charge on any atom is 0.137 e. The van der Waals surface area contributed by atoms with Crippen LogP contribution < -0.4 is 0 Å². The molecule has 0 N–H and O–H groups in total. The fraction of sp³-hybridized carbons (Fsp3) is 0.333. The second-order valence-electron chi connectivity index (χ2n) is 2.39. The Bertz CT molecular complexity index is 261. The van der Waals surface area contributed by atoms with Crippen LogP contribution in [0, 0.1) is 5.82 Å². The molecule has 66 valence electrons. The Kier molecular flexibility index (Phi) is 3.95. The standard InChI is InChI=1S/C9H11FS2/c1-2-7-3-4-9(12-6-11)8(10)5-7/h3-5,11H,2,6H2,1H3. The number of thioether (sulfide) groups is 1. The van der Waals surface area contributed by atoms with Crippen LogP contribution >= 0.6 is 24.4 Å². The number of aryl methyl sites for hydroxylation is 1. The van der Waals surface area contributed by atoms with Gasteiger partial charge in [0, 0.05) is 9.98 Å². The topological polar surface area (TPSA) is 0 Å². The van der Waals surface area contributed by atoms with E-state index in [0.717, 1.165) is 12.0 Å². The summed E-state index contributed by atoms with van der Waals surface area (Å²) in [6.07, 6.45) is 0.878. The molecule has 0 aromatic heterocycles. The monoisotopic (exact) mass is 202 g/mol. The van der Waals surface area contributed by atoms with Gasteiger partial charge >= 0.3 is 0 Å². The van der Waals surface area contributed by atoms with Crippen LogP contribution in [-0.4, -0.2) is 5.08 Å². The van der Waals surface area contributed by atoms with E-state index < -0.39 is 0 Å². The van der Waals surface area contributed by atoms with Crippen molar-refractivity contribution < 1.29 is 4.39 Å². The molecule has 0 aliphatic carbocycles. The molecule has 1 rings (SSSR count). The van der Waals surface area contributed by atoms with Crippen molar-refractivity contribution in [1.82, 2.24) is 0 Å². The summed E-state index contributed by atoms with van der Waals surface area (Å²) in [6.45, 7) is 2.01. The van der Waals surface area contributed by atoms with Crippen molar-refractivity contribution in [3.05, 3.63) is 29.6 Å². The van der Waals surface area contributed by atoms with Gasteiger partial charge in [-0.25, -0.2) is 4.39 Å². The van der Waals surface area contributed by atoms with Crippen LogP contribution in [0.3, 0.4) is 0 Å². The fourth-order valence-corrected chi connectivity index (χ4v) is 1.87. The van der Waals surface area contributed by atoms with E-state index in [1.807, 2.05) is 19.1 Å². The quantitative estimate of drug-likeness (QED) is 0.445. The molecule has 1 aromatic carbocycles. The van der Waals surface area contributed by atoms with E-state index in [2.05, 4.69) is 12.6 Å². The van der Waals surface area contributed by atoms with E-state index in [0.29, 0.717) is 9.98 Å². The highest BCUT2D eigenvalue weighted by molar-refractivity contribution is 8.09. The predicted molar refractivity (Wildman–Crippen MR) is 55.5 cm³/mol. The minimum atomic E-state index is -0.131. The molecule has 0 spiro atoms. The molecule has 0 saturated carbocycles. The SMILES string of the molecule is CCc1ccc(SCS)c(F)c1. The molecule has 0 amide bonds. The lowest BCUT2D eigenvalue weighted by atomic mass is 10.2. The first-order valence-corrected chi connectivity index (χ1v) is 5.41. The largest absolute Gasteiger partial charge is 0.206 e. The fourth-order valence-electron chi connectivity index (χ4n) is 0.951. The van der Waals surface area contributed by atoms with Crippen LogP contribution in [0.4, 0.5) is 4.39 Å². The number of halogens is 1. The van der Waals surface area contributed by atoms with Crippen LogP contribution in [0.5, 0.6) is 0 Å². The Morgan fingerprint density at radius 3 is 2.75 bits per heavy atom. The summed E-state index contributed by atoms with van der Waals surface area (Å²) in [5.74, 6) is -0.131. The molecule has 1 aromatic rings. The molecule has 0 heterocycles. The van der Waals surface area contributed by atoms with E-state index in [4.69, 9.17) is 0 Å². The first-order chi connectivity index (χ1) is 5.77. The maximum absolute atomic E-state index is 13.2. The minimum Gasteiger partial charge on any atom is -0.206 e. The van der Waals surface area contributed by atoms with Crippen molar-refractivity contribution in [3.8, 4) is 0 Å². The molecule has 0 fully saturated rings. The highest BCUT2D eigenvalue weighted by Crippen LogP contribution is 2.23. The number of hydrogen-bond acceptors (Lipinski definition) is 2. The molecule has 0 radical (unpaired) electrons. The Balaban J connectivity index is 2.87. The number of thiol groups is 1. The van der Waals surface area contributed by atoms with Gasteiger partial charge in [0.25, 0.3) is 0 Å². The van der Waals surface area contributed by atoms with Gasteiger partial charge in [-0.3, -0.25) is 0 Å². The molecule has 12 heavy (non-hydrogen) atoms. The highest BCUT2D eigenvalue weighted by atomic mass is 32.2. The number of rotatable bonds is 3. The van der Waals surface area contributed by atoms with Gasteiger partial charge in [0.05, 0.1) is 0 Å². The van der Waals surface area contributed by atoms with Gasteiger partial charge in [-0.2, -0.15) is 12.6 Å². The average Bonchev–Trinajstić information content (AvgIpc) is 2.09. The van der Waals surface area contributed by atoms with Gasteiger partial charge in [0.2, 0.25) is 0 Å². The first kappa shape index (κ1) is 9.93. The molecule has 0 aliphatic rings. The summed E-state index contributed by atoms with van der Waals surface area (Å²) in [5.41, 5.74) is 1.04. The Morgan fingerprint density at radius 1 is 1.50 bits per heavy atom. The van der Waals surface area contributed by atoms with Crippen molar-refractivity contribution >= 4 is 24.4 Å². The zero-order valence-corrected chi connectivity index (χ0v) is 8.59. The molecule has 0 aliphatic heterocycles. The van der Waals surface area contributed by atoms with Crippen LogP contribution in [0.15, 0.2) is 23.1 Å². The molecule has 0 unspecified atom stereocenters. The molecule has 0 atom stereocenters. The van der Waals surface area contributed by atoms with Crippen LogP contribution in [-0.2, 0) is 6.42 Å². The Hall–Kier alpha value is -0.150. The van der Waals surface area contributed by atoms with Gasteiger partial charge < -0.3 is 0 Å². The minimum absolute atomic E-state index is 0.131. The summed E-state index contributed by atoms with van der Waals surface area (Å²) in [6, 6.07) is 5.36. The lowest BCUT2D eigenvalue weighted by Gasteiger charge is -2.02. The van der Waals surface area contributed by atoms with Crippen molar-refractivity contribution in [2.45, 2.75) is 18.2 Å². The summed E-state index contributed by atoms with van der Waals surface area (Å²) >= 11 is 5.43. The second-order valence-corrected chi connectivity index (χ2v) is 4.15. The van der Waals surface area contributed by atoms with Crippen LogP contribution in [0.2, 0.25) is 0 Å². The summed E-state index contributed by atoms with van der Waals surface area (Å²) in [5, 5.41) is 0.613. The summed E-state index contributed by atoms with van der Waals surface area (Å²) < 4.78 is 13.2. The van der Waals surface area contributed by atoms with Gasteiger partial charge in [-0.05, 0) is 24.1 Å². The Labute approximate surface area is 82.0 Å². The molecule has 0 nitrogen and oxygen atoms in total. The lowest BCUT2D eigenvalue weighted by Crippen LogP contribution is -1.85. The van der Waals surface area contributed by atoms with E-state index in [1.54, 1.807) is 6.07 Å². The third kappa shape index (κ3) is 2.42. The highest BCUT2D eigenvalue weighted by Gasteiger charge is 2.01. The Morgan fingerprint density at radius 2 is 2.25 bits per heavy atom. The van der Waals surface area contributed by atoms with E-state index in [-0.39, 0.29) is 5.82 Å². The van der Waals surface area contributed by atoms with Gasteiger partial charge in [0.1, 0.15) is 5.82 Å². The summed E-state index contributed by atoms with van der Waals surface area (Å²) in [4.78, 5) is 0.683.